The van der Waals surface area contributed by atoms with E-state index in [9.17, 15) is 4.79 Å². The van der Waals surface area contributed by atoms with Crippen LogP contribution in [0.5, 0.6) is 0 Å². The van der Waals surface area contributed by atoms with Crippen molar-refractivity contribution < 1.29 is 4.79 Å². The molecule has 1 heterocycles. The summed E-state index contributed by atoms with van der Waals surface area (Å²) in [6.07, 6.45) is 12.9. The number of carbonyl (C=O) groups is 1. The van der Waals surface area contributed by atoms with Gasteiger partial charge in [-0.3, -0.25) is 4.79 Å². The highest BCUT2D eigenvalue weighted by Crippen LogP contribution is 2.06. The zero-order valence-electron chi connectivity index (χ0n) is 10.2. The van der Waals surface area contributed by atoms with E-state index in [4.69, 9.17) is 0 Å². The second-order valence-electron chi connectivity index (χ2n) is 4.25. The molecule has 0 aromatic carbocycles. The molecule has 0 saturated heterocycles. The molecule has 0 spiro atoms. The van der Waals surface area contributed by atoms with Crippen LogP contribution in [0.25, 0.3) is 0 Å². The van der Waals surface area contributed by atoms with Gasteiger partial charge in [0.05, 0.1) is 6.33 Å². The van der Waals surface area contributed by atoms with Gasteiger partial charge >= 0.3 is 0 Å². The van der Waals surface area contributed by atoms with Gasteiger partial charge in [-0.1, -0.05) is 32.6 Å². The number of hydrogen-bond donors (Lipinski definition) is 0. The molecule has 3 heteroatoms. The Labute approximate surface area is 97.9 Å². The standard InChI is InChI=1S/C13H22N2O/c1-2-3-4-5-6-7-13(16)8-10-15-11-9-14-12-15/h9,11-12H,2-8,10H2,1H3. The van der Waals surface area contributed by atoms with E-state index in [-0.39, 0.29) is 0 Å². The number of aryl methyl sites for hydroxylation is 1. The van der Waals surface area contributed by atoms with Gasteiger partial charge in [-0.15, -0.1) is 0 Å². The number of nitrogens with zero attached hydrogens (tertiary/aromatic N) is 2. The van der Waals surface area contributed by atoms with Crippen molar-refractivity contribution in [1.82, 2.24) is 9.55 Å². The molecule has 0 aliphatic rings. The zero-order chi connectivity index (χ0) is 11.6. The first kappa shape index (κ1) is 12.9. The van der Waals surface area contributed by atoms with Crippen molar-refractivity contribution in [3.8, 4) is 0 Å². The van der Waals surface area contributed by atoms with Crippen LogP contribution in [0.3, 0.4) is 0 Å². The van der Waals surface area contributed by atoms with E-state index in [1.165, 1.54) is 25.7 Å². The van der Waals surface area contributed by atoms with Crippen molar-refractivity contribution in [1.29, 1.82) is 0 Å². The first-order valence-electron chi connectivity index (χ1n) is 6.30. The fraction of sp³-hybridized carbons (Fsp3) is 0.692. The summed E-state index contributed by atoms with van der Waals surface area (Å²) in [6.45, 7) is 2.98. The summed E-state index contributed by atoms with van der Waals surface area (Å²) in [4.78, 5) is 15.5. The largest absolute Gasteiger partial charge is 0.337 e. The van der Waals surface area contributed by atoms with E-state index in [0.717, 1.165) is 19.4 Å². The van der Waals surface area contributed by atoms with E-state index >= 15 is 0 Å². The molecule has 0 saturated carbocycles. The summed E-state index contributed by atoms with van der Waals surface area (Å²) < 4.78 is 1.95. The highest BCUT2D eigenvalue weighted by atomic mass is 16.1. The van der Waals surface area contributed by atoms with Crippen molar-refractivity contribution >= 4 is 5.78 Å². The van der Waals surface area contributed by atoms with E-state index in [1.807, 2.05) is 10.8 Å². The lowest BCUT2D eigenvalue weighted by Gasteiger charge is -2.02. The minimum Gasteiger partial charge on any atom is -0.337 e. The Kier molecular flexibility index (Phi) is 6.54. The Morgan fingerprint density at radius 1 is 1.19 bits per heavy atom. The minimum atomic E-state index is 0.380. The van der Waals surface area contributed by atoms with Crippen LogP contribution >= 0.6 is 0 Å². The Morgan fingerprint density at radius 3 is 2.69 bits per heavy atom. The summed E-state index contributed by atoms with van der Waals surface area (Å²) in [5, 5.41) is 0. The van der Waals surface area contributed by atoms with Gasteiger partial charge in [0, 0.05) is 31.8 Å². The van der Waals surface area contributed by atoms with Crippen LogP contribution in [0.1, 0.15) is 51.9 Å². The van der Waals surface area contributed by atoms with E-state index in [1.54, 1.807) is 12.5 Å². The van der Waals surface area contributed by atoms with Gasteiger partial charge in [0.25, 0.3) is 0 Å². The number of unbranched alkanes of at least 4 members (excludes halogenated alkanes) is 4. The number of ketones is 1. The maximum atomic E-state index is 11.5. The summed E-state index contributed by atoms with van der Waals surface area (Å²) >= 11 is 0. The molecule has 0 aliphatic carbocycles. The van der Waals surface area contributed by atoms with Crippen molar-refractivity contribution in [2.24, 2.45) is 0 Å². The predicted molar refractivity (Wildman–Crippen MR) is 65.2 cm³/mol. The number of rotatable bonds is 9. The second kappa shape index (κ2) is 8.08. The van der Waals surface area contributed by atoms with Gasteiger partial charge in [-0.2, -0.15) is 0 Å². The van der Waals surface area contributed by atoms with Gasteiger partial charge < -0.3 is 4.57 Å². The van der Waals surface area contributed by atoms with E-state index < -0.39 is 0 Å². The molecule has 1 rings (SSSR count). The molecule has 0 N–H and O–H groups in total. The van der Waals surface area contributed by atoms with Crippen LogP contribution in [0.15, 0.2) is 18.7 Å². The quantitative estimate of drug-likeness (QED) is 0.601. The highest BCUT2D eigenvalue weighted by Gasteiger charge is 2.01. The zero-order valence-corrected chi connectivity index (χ0v) is 10.2. The summed E-state index contributed by atoms with van der Waals surface area (Å²) in [7, 11) is 0. The second-order valence-corrected chi connectivity index (χ2v) is 4.25. The monoisotopic (exact) mass is 222 g/mol. The molecule has 1 aromatic rings. The van der Waals surface area contributed by atoms with Gasteiger partial charge in [-0.25, -0.2) is 4.98 Å². The Morgan fingerprint density at radius 2 is 2.00 bits per heavy atom. The van der Waals surface area contributed by atoms with Gasteiger partial charge in [0.2, 0.25) is 0 Å². The van der Waals surface area contributed by atoms with Crippen molar-refractivity contribution in [2.75, 3.05) is 0 Å². The van der Waals surface area contributed by atoms with Crippen LogP contribution in [0.4, 0.5) is 0 Å². The fourth-order valence-electron chi connectivity index (χ4n) is 1.72. The minimum absolute atomic E-state index is 0.380. The topological polar surface area (TPSA) is 34.9 Å². The number of hydrogen-bond acceptors (Lipinski definition) is 2. The van der Waals surface area contributed by atoms with Crippen LogP contribution in [0, 0.1) is 0 Å². The Bertz CT molecular complexity index is 280. The summed E-state index contributed by atoms with van der Waals surface area (Å²) in [5.41, 5.74) is 0. The maximum Gasteiger partial charge on any atom is 0.134 e. The van der Waals surface area contributed by atoms with Crippen molar-refractivity contribution in [3.63, 3.8) is 0 Å². The molecule has 0 fully saturated rings. The molecular formula is C13H22N2O. The average Bonchev–Trinajstić information content (AvgIpc) is 2.79. The SMILES string of the molecule is CCCCCCCC(=O)CCn1ccnc1. The molecule has 90 valence electrons. The van der Waals surface area contributed by atoms with Crippen molar-refractivity contribution in [3.05, 3.63) is 18.7 Å². The fourth-order valence-corrected chi connectivity index (χ4v) is 1.72. The van der Waals surface area contributed by atoms with E-state index in [2.05, 4.69) is 11.9 Å². The van der Waals surface area contributed by atoms with Gasteiger partial charge in [0.15, 0.2) is 0 Å². The predicted octanol–water partition coefficient (Wildman–Crippen LogP) is 3.20. The van der Waals surface area contributed by atoms with Crippen LogP contribution in [-0.2, 0) is 11.3 Å². The van der Waals surface area contributed by atoms with E-state index in [0.29, 0.717) is 12.2 Å². The number of carbonyl (C=O) groups excluding carboxylic acids is 1. The first-order valence-corrected chi connectivity index (χ1v) is 6.30. The van der Waals surface area contributed by atoms with Crippen LogP contribution in [0.2, 0.25) is 0 Å². The molecular weight excluding hydrogens is 200 g/mol. The highest BCUT2D eigenvalue weighted by molar-refractivity contribution is 5.78. The third kappa shape index (κ3) is 5.69. The molecule has 0 radical (unpaired) electrons. The lowest BCUT2D eigenvalue weighted by atomic mass is 10.1. The average molecular weight is 222 g/mol. The molecule has 0 unspecified atom stereocenters. The number of aromatic nitrogens is 2. The molecule has 3 nitrogen and oxygen atoms in total. The van der Waals surface area contributed by atoms with Crippen LogP contribution in [-0.4, -0.2) is 15.3 Å². The van der Waals surface area contributed by atoms with Crippen molar-refractivity contribution in [2.45, 2.75) is 58.4 Å². The molecule has 1 aromatic heterocycles. The molecule has 16 heavy (non-hydrogen) atoms. The maximum absolute atomic E-state index is 11.5. The molecule has 0 amide bonds. The first-order chi connectivity index (χ1) is 7.83. The smallest absolute Gasteiger partial charge is 0.134 e. The molecule has 0 bridgehead atoms. The van der Waals surface area contributed by atoms with Gasteiger partial charge in [-0.05, 0) is 6.42 Å². The lowest BCUT2D eigenvalue weighted by molar-refractivity contribution is -0.119. The Hall–Kier alpha value is -1.12. The van der Waals surface area contributed by atoms with Crippen LogP contribution < -0.4 is 0 Å². The Balaban J connectivity index is 1.99. The number of imidazole rings is 1. The molecule has 0 aliphatic heterocycles. The third-order valence-electron chi connectivity index (χ3n) is 2.77. The lowest BCUT2D eigenvalue weighted by Crippen LogP contribution is -2.04. The molecule has 0 atom stereocenters. The third-order valence-corrected chi connectivity index (χ3v) is 2.77. The summed E-state index contributed by atoms with van der Waals surface area (Å²) in [5.74, 6) is 0.380. The normalized spacial score (nSPS) is 10.6. The summed E-state index contributed by atoms with van der Waals surface area (Å²) in [6, 6.07) is 0. The van der Waals surface area contributed by atoms with Gasteiger partial charge in [0.1, 0.15) is 5.78 Å². The number of Topliss-reactive ketones (excluding diaryl/α,β-unsaturated/α-hetero) is 1.